The smallest absolute Gasteiger partial charge is 0.321 e. The number of carbonyl (C=O) groups is 2. The summed E-state index contributed by atoms with van der Waals surface area (Å²) in [4.78, 5) is 26.6. The van der Waals surface area contributed by atoms with Crippen LogP contribution in [0.25, 0.3) is 0 Å². The highest BCUT2D eigenvalue weighted by molar-refractivity contribution is 5.99. The maximum absolute atomic E-state index is 12.5. The monoisotopic (exact) mass is 361 g/mol. The van der Waals surface area contributed by atoms with Gasteiger partial charge in [0.05, 0.1) is 6.10 Å². The predicted molar refractivity (Wildman–Crippen MR) is 104 cm³/mol. The number of nitrogens with one attached hydrogen (secondary N) is 2. The van der Waals surface area contributed by atoms with Crippen LogP contribution in [0.15, 0.2) is 18.2 Å². The number of amides is 3. The molecule has 1 atom stereocenters. The van der Waals surface area contributed by atoms with Gasteiger partial charge in [-0.05, 0) is 64.7 Å². The number of hydrogen-bond acceptors (Lipinski definition) is 3. The van der Waals surface area contributed by atoms with Crippen molar-refractivity contribution < 1.29 is 14.3 Å². The molecule has 1 aromatic rings. The molecule has 144 valence electrons. The first kappa shape index (κ1) is 20.2. The Balaban J connectivity index is 2.03. The van der Waals surface area contributed by atoms with Crippen LogP contribution in [0.3, 0.4) is 0 Å². The summed E-state index contributed by atoms with van der Waals surface area (Å²) in [5.41, 5.74) is 1.65. The lowest BCUT2D eigenvalue weighted by Gasteiger charge is -2.27. The largest absolute Gasteiger partial charge is 0.376 e. The van der Waals surface area contributed by atoms with Crippen molar-refractivity contribution in [2.75, 3.05) is 25.5 Å². The van der Waals surface area contributed by atoms with Crippen molar-refractivity contribution in [3.63, 3.8) is 0 Å². The average molecular weight is 361 g/mol. The van der Waals surface area contributed by atoms with Gasteiger partial charge < -0.3 is 20.3 Å². The lowest BCUT2D eigenvalue weighted by atomic mass is 10.0. The van der Waals surface area contributed by atoms with Crippen LogP contribution in [0, 0.1) is 6.92 Å². The molecule has 3 amide bonds. The highest BCUT2D eigenvalue weighted by atomic mass is 16.5. The predicted octanol–water partition coefficient (Wildman–Crippen LogP) is 3.56. The van der Waals surface area contributed by atoms with Gasteiger partial charge in [-0.2, -0.15) is 0 Å². The fourth-order valence-electron chi connectivity index (χ4n) is 2.98. The third-order valence-corrected chi connectivity index (χ3v) is 4.41. The third kappa shape index (κ3) is 5.73. The number of hydrogen-bond donors (Lipinski definition) is 2. The van der Waals surface area contributed by atoms with E-state index in [4.69, 9.17) is 4.74 Å². The molecule has 1 aromatic carbocycles. The van der Waals surface area contributed by atoms with Crippen molar-refractivity contribution in [1.29, 1.82) is 0 Å². The fourth-order valence-corrected chi connectivity index (χ4v) is 2.98. The first-order valence-electron chi connectivity index (χ1n) is 9.23. The summed E-state index contributed by atoms with van der Waals surface area (Å²) in [6, 6.07) is 5.16. The molecule has 1 fully saturated rings. The minimum atomic E-state index is -0.316. The fraction of sp³-hybridized carbons (Fsp3) is 0.600. The van der Waals surface area contributed by atoms with Crippen molar-refractivity contribution >= 4 is 17.6 Å². The molecule has 0 aliphatic carbocycles. The van der Waals surface area contributed by atoms with E-state index in [1.54, 1.807) is 24.1 Å². The van der Waals surface area contributed by atoms with Gasteiger partial charge in [-0.25, -0.2) is 4.79 Å². The highest BCUT2D eigenvalue weighted by Crippen LogP contribution is 2.20. The molecule has 0 radical (unpaired) electrons. The molecule has 0 bridgehead atoms. The molecule has 1 heterocycles. The van der Waals surface area contributed by atoms with E-state index in [-0.39, 0.29) is 23.6 Å². The molecular weight excluding hydrogens is 330 g/mol. The van der Waals surface area contributed by atoms with Gasteiger partial charge in [-0.15, -0.1) is 0 Å². The van der Waals surface area contributed by atoms with E-state index < -0.39 is 0 Å². The van der Waals surface area contributed by atoms with Crippen LogP contribution in [0.1, 0.15) is 56.0 Å². The molecular formula is C20H31N3O3. The van der Waals surface area contributed by atoms with E-state index >= 15 is 0 Å². The van der Waals surface area contributed by atoms with Gasteiger partial charge in [0.2, 0.25) is 0 Å². The number of rotatable bonds is 4. The van der Waals surface area contributed by atoms with E-state index in [1.807, 2.05) is 33.8 Å². The van der Waals surface area contributed by atoms with Crippen LogP contribution in [-0.4, -0.2) is 48.7 Å². The van der Waals surface area contributed by atoms with Crippen LogP contribution >= 0.6 is 0 Å². The van der Waals surface area contributed by atoms with Crippen LogP contribution in [0.5, 0.6) is 0 Å². The van der Waals surface area contributed by atoms with Gasteiger partial charge in [0, 0.05) is 37.0 Å². The highest BCUT2D eigenvalue weighted by Gasteiger charge is 2.21. The van der Waals surface area contributed by atoms with Crippen LogP contribution < -0.4 is 10.6 Å². The summed E-state index contributed by atoms with van der Waals surface area (Å²) in [6.45, 7) is 8.99. The van der Waals surface area contributed by atoms with Gasteiger partial charge in [0.15, 0.2) is 0 Å². The lowest BCUT2D eigenvalue weighted by Crippen LogP contribution is -2.41. The normalized spacial score (nSPS) is 17.5. The summed E-state index contributed by atoms with van der Waals surface area (Å²) in [5, 5.41) is 5.86. The summed E-state index contributed by atoms with van der Waals surface area (Å²) in [5.74, 6) is -0.143. The van der Waals surface area contributed by atoms with Gasteiger partial charge in [-0.1, -0.05) is 6.07 Å². The zero-order chi connectivity index (χ0) is 19.3. The minimum absolute atomic E-state index is 0.101. The Morgan fingerprint density at radius 2 is 2.00 bits per heavy atom. The van der Waals surface area contributed by atoms with Gasteiger partial charge >= 0.3 is 6.03 Å². The first-order chi connectivity index (χ1) is 12.2. The van der Waals surface area contributed by atoms with Crippen LogP contribution in [0.4, 0.5) is 10.5 Å². The number of likely N-dealkylation sites (N-methyl/N-ethyl adjacent to an activating group) is 1. The second-order valence-electron chi connectivity index (χ2n) is 7.98. The standard InChI is InChI=1S/C20H31N3O3/c1-14-16(18(24)22-20(2,3)4)10-8-11-17(14)21-19(25)23(5)13-15-9-6-7-12-26-15/h8,10-11,15H,6-7,9,12-13H2,1-5H3,(H,21,25)(H,22,24). The molecule has 1 unspecified atom stereocenters. The SMILES string of the molecule is Cc1c(NC(=O)N(C)CC2CCCCO2)cccc1C(=O)NC(C)(C)C. The third-order valence-electron chi connectivity index (χ3n) is 4.41. The van der Waals surface area contributed by atoms with E-state index in [1.165, 1.54) is 0 Å². The number of ether oxygens (including phenoxy) is 1. The molecule has 6 heteroatoms. The number of nitrogens with zero attached hydrogens (tertiary/aromatic N) is 1. The van der Waals surface area contributed by atoms with Gasteiger partial charge in [0.1, 0.15) is 0 Å². The van der Waals surface area contributed by atoms with Crippen LogP contribution in [0.2, 0.25) is 0 Å². The van der Waals surface area contributed by atoms with E-state index in [2.05, 4.69) is 10.6 Å². The Morgan fingerprint density at radius 3 is 2.62 bits per heavy atom. The molecule has 6 nitrogen and oxygen atoms in total. The number of urea groups is 1. The second kappa shape index (κ2) is 8.54. The molecule has 0 saturated carbocycles. The van der Waals surface area contributed by atoms with E-state index in [0.29, 0.717) is 17.8 Å². The Morgan fingerprint density at radius 1 is 1.27 bits per heavy atom. The van der Waals surface area contributed by atoms with E-state index in [0.717, 1.165) is 31.4 Å². The van der Waals surface area contributed by atoms with Crippen molar-refractivity contribution in [1.82, 2.24) is 10.2 Å². The minimum Gasteiger partial charge on any atom is -0.376 e. The lowest BCUT2D eigenvalue weighted by molar-refractivity contribution is 0.00463. The number of anilines is 1. The maximum Gasteiger partial charge on any atom is 0.321 e. The quantitative estimate of drug-likeness (QED) is 0.861. The Hall–Kier alpha value is -2.08. The maximum atomic E-state index is 12.5. The zero-order valence-electron chi connectivity index (χ0n) is 16.5. The molecule has 0 aromatic heterocycles. The van der Waals surface area contributed by atoms with Gasteiger partial charge in [-0.3, -0.25) is 4.79 Å². The summed E-state index contributed by atoms with van der Waals surface area (Å²) in [7, 11) is 1.76. The Kier molecular flexibility index (Phi) is 6.64. The number of benzene rings is 1. The Labute approximate surface area is 156 Å². The first-order valence-corrected chi connectivity index (χ1v) is 9.23. The van der Waals surface area contributed by atoms with Crippen molar-refractivity contribution in [2.24, 2.45) is 0 Å². The summed E-state index contributed by atoms with van der Waals surface area (Å²) < 4.78 is 5.70. The molecule has 1 saturated heterocycles. The van der Waals surface area contributed by atoms with E-state index in [9.17, 15) is 9.59 Å². The Bertz CT molecular complexity index is 646. The van der Waals surface area contributed by atoms with Gasteiger partial charge in [0.25, 0.3) is 5.91 Å². The van der Waals surface area contributed by atoms with Crippen molar-refractivity contribution in [3.8, 4) is 0 Å². The average Bonchev–Trinajstić information content (AvgIpc) is 2.56. The second-order valence-corrected chi connectivity index (χ2v) is 7.98. The molecule has 26 heavy (non-hydrogen) atoms. The zero-order valence-corrected chi connectivity index (χ0v) is 16.5. The van der Waals surface area contributed by atoms with Crippen LogP contribution in [-0.2, 0) is 4.74 Å². The summed E-state index contributed by atoms with van der Waals surface area (Å²) in [6.07, 6.45) is 3.32. The molecule has 0 spiro atoms. The van der Waals surface area contributed by atoms with Crippen molar-refractivity contribution in [3.05, 3.63) is 29.3 Å². The molecule has 2 rings (SSSR count). The topological polar surface area (TPSA) is 70.7 Å². The molecule has 1 aliphatic rings. The van der Waals surface area contributed by atoms with Crippen molar-refractivity contribution in [2.45, 2.75) is 58.6 Å². The molecule has 2 N–H and O–H groups in total. The molecule has 1 aliphatic heterocycles. The summed E-state index contributed by atoms with van der Waals surface area (Å²) >= 11 is 0. The number of carbonyl (C=O) groups excluding carboxylic acids is 2.